The zero-order chi connectivity index (χ0) is 14.8. The maximum atomic E-state index is 12.3. The first-order valence-corrected chi connectivity index (χ1v) is 7.19. The van der Waals surface area contributed by atoms with Crippen LogP contribution in [0.1, 0.15) is 35.2 Å². The van der Waals surface area contributed by atoms with E-state index in [0.717, 1.165) is 6.42 Å². The molecule has 1 saturated carbocycles. The molecular weight excluding hydrogens is 270 g/mol. The van der Waals surface area contributed by atoms with E-state index < -0.39 is 0 Å². The zero-order valence-corrected chi connectivity index (χ0v) is 11.7. The summed E-state index contributed by atoms with van der Waals surface area (Å²) in [5, 5.41) is 14.7. The first-order valence-electron chi connectivity index (χ1n) is 7.19. The minimum Gasteiger partial charge on any atom is -0.409 e. The highest BCUT2D eigenvalue weighted by Crippen LogP contribution is 2.38. The number of hydrogen-bond acceptors (Lipinski definition) is 4. The summed E-state index contributed by atoms with van der Waals surface area (Å²) in [5.41, 5.74) is 6.57. The molecule has 0 bridgehead atoms. The van der Waals surface area contributed by atoms with Crippen LogP contribution in [-0.2, 0) is 4.74 Å². The Bertz CT molecular complexity index is 569. The van der Waals surface area contributed by atoms with Gasteiger partial charge in [0.15, 0.2) is 5.84 Å². The highest BCUT2D eigenvalue weighted by Gasteiger charge is 2.41. The van der Waals surface area contributed by atoms with Crippen LogP contribution >= 0.6 is 0 Å². The third-order valence-electron chi connectivity index (χ3n) is 4.07. The van der Waals surface area contributed by atoms with Crippen LogP contribution in [0.15, 0.2) is 29.4 Å². The molecule has 1 aliphatic carbocycles. The molecule has 0 spiro atoms. The molecule has 2 fully saturated rings. The van der Waals surface area contributed by atoms with E-state index >= 15 is 0 Å². The first kappa shape index (κ1) is 13.9. The summed E-state index contributed by atoms with van der Waals surface area (Å²) in [4.78, 5) is 12.3. The molecule has 112 valence electrons. The fraction of sp³-hybridized carbons (Fsp3) is 0.467. The van der Waals surface area contributed by atoms with E-state index in [1.807, 2.05) is 0 Å². The number of benzene rings is 1. The molecule has 6 heteroatoms. The Morgan fingerprint density at radius 2 is 2.10 bits per heavy atom. The maximum Gasteiger partial charge on any atom is 0.251 e. The smallest absolute Gasteiger partial charge is 0.251 e. The van der Waals surface area contributed by atoms with Gasteiger partial charge in [-0.1, -0.05) is 17.3 Å². The van der Waals surface area contributed by atoms with Gasteiger partial charge in [-0.05, 0) is 37.3 Å². The molecule has 3 rings (SSSR count). The summed E-state index contributed by atoms with van der Waals surface area (Å²) in [6, 6.07) is 6.82. The van der Waals surface area contributed by atoms with Gasteiger partial charge in [0.25, 0.3) is 5.91 Å². The molecule has 0 radical (unpaired) electrons. The lowest BCUT2D eigenvalue weighted by atomic mass is 10.0. The maximum absolute atomic E-state index is 12.3. The molecular formula is C15H19N3O3. The molecule has 2 atom stereocenters. The molecule has 1 aromatic carbocycles. The van der Waals surface area contributed by atoms with Crippen LogP contribution in [0.2, 0.25) is 0 Å². The van der Waals surface area contributed by atoms with Crippen LogP contribution in [-0.4, -0.2) is 35.7 Å². The van der Waals surface area contributed by atoms with Gasteiger partial charge in [0.05, 0.1) is 12.1 Å². The first-order chi connectivity index (χ1) is 10.2. The highest BCUT2D eigenvalue weighted by molar-refractivity contribution is 6.01. The van der Waals surface area contributed by atoms with Gasteiger partial charge >= 0.3 is 0 Å². The molecule has 21 heavy (non-hydrogen) atoms. The number of amidine groups is 1. The average Bonchev–Trinajstić information content (AvgIpc) is 3.26. The lowest BCUT2D eigenvalue weighted by molar-refractivity contribution is 0.0729. The standard InChI is InChI=1S/C15H19N3O3/c16-14(18-20)10-2-1-3-11(8-10)15(19)17-12-6-7-21-13(12)9-4-5-9/h1-3,8-9,12-13,20H,4-7H2,(H2,16,18)(H,17,19). The molecule has 1 saturated heterocycles. The minimum atomic E-state index is -0.149. The Morgan fingerprint density at radius 1 is 1.33 bits per heavy atom. The van der Waals surface area contributed by atoms with Gasteiger partial charge in [-0.3, -0.25) is 4.79 Å². The predicted molar refractivity (Wildman–Crippen MR) is 77.3 cm³/mol. The molecule has 1 heterocycles. The van der Waals surface area contributed by atoms with Crippen LogP contribution in [0.3, 0.4) is 0 Å². The molecule has 0 aromatic heterocycles. The Labute approximate surface area is 123 Å². The number of rotatable bonds is 4. The van der Waals surface area contributed by atoms with Crippen LogP contribution in [0, 0.1) is 5.92 Å². The van der Waals surface area contributed by atoms with E-state index in [9.17, 15) is 4.79 Å². The number of oxime groups is 1. The van der Waals surface area contributed by atoms with Gasteiger partial charge in [-0.15, -0.1) is 0 Å². The number of nitrogens with zero attached hydrogens (tertiary/aromatic N) is 1. The van der Waals surface area contributed by atoms with E-state index in [-0.39, 0.29) is 23.9 Å². The quantitative estimate of drug-likeness (QED) is 0.334. The van der Waals surface area contributed by atoms with Crippen molar-refractivity contribution in [1.29, 1.82) is 0 Å². The second-order valence-corrected chi connectivity index (χ2v) is 5.61. The van der Waals surface area contributed by atoms with E-state index in [2.05, 4.69) is 10.5 Å². The molecule has 2 aliphatic rings. The Morgan fingerprint density at radius 3 is 2.81 bits per heavy atom. The third kappa shape index (κ3) is 3.00. The van der Waals surface area contributed by atoms with Crippen molar-refractivity contribution in [2.45, 2.75) is 31.4 Å². The van der Waals surface area contributed by atoms with Crippen LogP contribution in [0.25, 0.3) is 0 Å². The second-order valence-electron chi connectivity index (χ2n) is 5.61. The number of carbonyl (C=O) groups is 1. The van der Waals surface area contributed by atoms with Crippen LogP contribution in [0.4, 0.5) is 0 Å². The van der Waals surface area contributed by atoms with E-state index in [1.165, 1.54) is 12.8 Å². The van der Waals surface area contributed by atoms with Gasteiger partial charge in [0, 0.05) is 17.7 Å². The van der Waals surface area contributed by atoms with Crippen molar-refractivity contribution in [3.63, 3.8) is 0 Å². The van der Waals surface area contributed by atoms with Crippen molar-refractivity contribution in [2.75, 3.05) is 6.61 Å². The summed E-state index contributed by atoms with van der Waals surface area (Å²) < 4.78 is 5.72. The fourth-order valence-corrected chi connectivity index (χ4v) is 2.78. The number of ether oxygens (including phenoxy) is 1. The monoisotopic (exact) mass is 289 g/mol. The van der Waals surface area contributed by atoms with Crippen molar-refractivity contribution in [3.05, 3.63) is 35.4 Å². The topological polar surface area (TPSA) is 96.9 Å². The second kappa shape index (κ2) is 5.73. The molecule has 1 amide bonds. The van der Waals surface area contributed by atoms with Crippen molar-refractivity contribution >= 4 is 11.7 Å². The van der Waals surface area contributed by atoms with E-state index in [4.69, 9.17) is 15.7 Å². The molecule has 1 aliphatic heterocycles. The highest BCUT2D eigenvalue weighted by atomic mass is 16.5. The number of carbonyl (C=O) groups excluding carboxylic acids is 1. The summed E-state index contributed by atoms with van der Waals surface area (Å²) in [5.74, 6) is 0.440. The Kier molecular flexibility index (Phi) is 3.79. The summed E-state index contributed by atoms with van der Waals surface area (Å²) in [7, 11) is 0. The molecule has 4 N–H and O–H groups in total. The van der Waals surface area contributed by atoms with Gasteiger partial charge in [0.1, 0.15) is 0 Å². The lowest BCUT2D eigenvalue weighted by Gasteiger charge is -2.19. The van der Waals surface area contributed by atoms with Gasteiger partial charge in [-0.25, -0.2) is 0 Å². The average molecular weight is 289 g/mol. The summed E-state index contributed by atoms with van der Waals surface area (Å²) in [6.07, 6.45) is 3.39. The summed E-state index contributed by atoms with van der Waals surface area (Å²) in [6.45, 7) is 0.705. The largest absolute Gasteiger partial charge is 0.409 e. The third-order valence-corrected chi connectivity index (χ3v) is 4.07. The Balaban J connectivity index is 1.70. The van der Waals surface area contributed by atoms with Crippen LogP contribution in [0.5, 0.6) is 0 Å². The van der Waals surface area contributed by atoms with Crippen LogP contribution < -0.4 is 11.1 Å². The summed E-state index contributed by atoms with van der Waals surface area (Å²) >= 11 is 0. The SMILES string of the molecule is N/C(=N/O)c1cccc(C(=O)NC2CCOC2C2CC2)c1. The van der Waals surface area contributed by atoms with Crippen molar-refractivity contribution in [3.8, 4) is 0 Å². The normalized spacial score (nSPS) is 25.8. The molecule has 2 unspecified atom stereocenters. The predicted octanol–water partition coefficient (Wildman–Crippen LogP) is 1.08. The van der Waals surface area contributed by atoms with Gasteiger partial charge in [-0.2, -0.15) is 0 Å². The molecule has 6 nitrogen and oxygen atoms in total. The number of nitrogens with two attached hydrogens (primary N) is 1. The van der Waals surface area contributed by atoms with E-state index in [1.54, 1.807) is 24.3 Å². The number of hydrogen-bond donors (Lipinski definition) is 3. The zero-order valence-electron chi connectivity index (χ0n) is 11.7. The van der Waals surface area contributed by atoms with Crippen molar-refractivity contribution in [1.82, 2.24) is 5.32 Å². The van der Waals surface area contributed by atoms with Gasteiger partial charge in [0.2, 0.25) is 0 Å². The Hall–Kier alpha value is -2.08. The number of amides is 1. The number of nitrogens with one attached hydrogen (secondary N) is 1. The van der Waals surface area contributed by atoms with Gasteiger partial charge < -0.3 is 21.0 Å². The lowest BCUT2D eigenvalue weighted by Crippen LogP contribution is -2.41. The fourth-order valence-electron chi connectivity index (χ4n) is 2.78. The van der Waals surface area contributed by atoms with E-state index in [0.29, 0.717) is 23.7 Å². The van der Waals surface area contributed by atoms with Crippen molar-refractivity contribution in [2.24, 2.45) is 16.8 Å². The molecule has 1 aromatic rings. The van der Waals surface area contributed by atoms with Crippen molar-refractivity contribution < 1.29 is 14.7 Å². The minimum absolute atomic E-state index is 0.00953.